The Hall–Kier alpha value is -1.04. The van der Waals surface area contributed by atoms with Crippen LogP contribution in [0.3, 0.4) is 0 Å². The van der Waals surface area contributed by atoms with E-state index >= 15 is 0 Å². The van der Waals surface area contributed by atoms with Gasteiger partial charge < -0.3 is 5.73 Å². The third-order valence-electron chi connectivity index (χ3n) is 2.00. The van der Waals surface area contributed by atoms with E-state index in [-0.39, 0.29) is 5.78 Å². The summed E-state index contributed by atoms with van der Waals surface area (Å²) in [5.41, 5.74) is 6.73. The Labute approximate surface area is 95.7 Å². The summed E-state index contributed by atoms with van der Waals surface area (Å²) in [6.45, 7) is 1.87. The minimum atomic E-state index is -0.551. The number of carbonyl (C=O) groups is 1. The van der Waals surface area contributed by atoms with Gasteiger partial charge >= 0.3 is 0 Å². The number of hydrogen-bond donors (Lipinski definition) is 1. The van der Waals surface area contributed by atoms with Crippen LogP contribution < -0.4 is 5.73 Å². The number of hydrogen-bond acceptors (Lipinski definition) is 5. The van der Waals surface area contributed by atoms with Gasteiger partial charge in [-0.25, -0.2) is 0 Å². The van der Waals surface area contributed by atoms with Crippen LogP contribution >= 0.6 is 22.9 Å². The zero-order valence-corrected chi connectivity index (χ0v) is 9.77. The van der Waals surface area contributed by atoms with Crippen LogP contribution in [-0.2, 0) is 0 Å². The van der Waals surface area contributed by atoms with Gasteiger partial charge in [-0.2, -0.15) is 4.37 Å². The Balaban J connectivity index is 2.22. The second kappa shape index (κ2) is 4.22. The molecule has 2 heterocycles. The molecule has 1 unspecified atom stereocenters. The fraction of sp³-hybridized carbons (Fsp3) is 0.200. The molecule has 0 aliphatic rings. The average Bonchev–Trinajstić information content (AvgIpc) is 2.85. The highest BCUT2D eigenvalue weighted by molar-refractivity contribution is 7.10. The highest BCUT2D eigenvalue weighted by atomic mass is 32.1. The number of carbonyl (C=O) groups excluding carboxylic acids is 1. The summed E-state index contributed by atoms with van der Waals surface area (Å²) in [7, 11) is 0. The van der Waals surface area contributed by atoms with Crippen molar-refractivity contribution in [3.05, 3.63) is 39.0 Å². The molecule has 0 saturated carbocycles. The van der Waals surface area contributed by atoms with E-state index in [2.05, 4.69) is 4.37 Å². The van der Waals surface area contributed by atoms with Crippen LogP contribution in [0.2, 0.25) is 0 Å². The molecule has 0 aliphatic heterocycles. The first kappa shape index (κ1) is 10.5. The van der Waals surface area contributed by atoms with E-state index in [0.29, 0.717) is 4.88 Å². The molecule has 5 heteroatoms. The summed E-state index contributed by atoms with van der Waals surface area (Å²) in [5, 5.41) is 1.92. The van der Waals surface area contributed by atoms with E-state index in [4.69, 9.17) is 5.73 Å². The molecule has 78 valence electrons. The fourth-order valence-corrected chi connectivity index (χ4v) is 2.69. The molecule has 0 amide bonds. The van der Waals surface area contributed by atoms with Crippen molar-refractivity contribution in [1.29, 1.82) is 0 Å². The predicted molar refractivity (Wildman–Crippen MR) is 62.4 cm³/mol. The van der Waals surface area contributed by atoms with Gasteiger partial charge in [0.1, 0.15) is 6.04 Å². The van der Waals surface area contributed by atoms with Crippen molar-refractivity contribution < 1.29 is 4.79 Å². The van der Waals surface area contributed by atoms with Crippen molar-refractivity contribution in [1.82, 2.24) is 4.37 Å². The first-order valence-corrected chi connectivity index (χ1v) is 6.10. The Bertz CT molecular complexity index is 461. The fourth-order valence-electron chi connectivity index (χ4n) is 1.23. The summed E-state index contributed by atoms with van der Waals surface area (Å²) < 4.78 is 4.07. The number of nitrogens with two attached hydrogens (primary N) is 1. The van der Waals surface area contributed by atoms with Crippen molar-refractivity contribution in [3.8, 4) is 0 Å². The summed E-state index contributed by atoms with van der Waals surface area (Å²) in [6, 6.07) is 5.00. The van der Waals surface area contributed by atoms with Gasteiger partial charge in [0.25, 0.3) is 0 Å². The number of nitrogens with zero attached hydrogens (tertiary/aromatic N) is 1. The van der Waals surface area contributed by atoms with Crippen molar-refractivity contribution >= 4 is 28.7 Å². The van der Waals surface area contributed by atoms with Gasteiger partial charge in [0.2, 0.25) is 0 Å². The van der Waals surface area contributed by atoms with Crippen LogP contribution in [0.1, 0.15) is 26.3 Å². The second-order valence-corrected chi connectivity index (χ2v) is 4.97. The minimum absolute atomic E-state index is 0.0527. The lowest BCUT2D eigenvalue weighted by Crippen LogP contribution is -2.19. The van der Waals surface area contributed by atoms with Crippen LogP contribution in [0, 0.1) is 6.92 Å². The summed E-state index contributed by atoms with van der Waals surface area (Å²) >= 11 is 2.71. The molecule has 2 aromatic heterocycles. The van der Waals surface area contributed by atoms with Crippen LogP contribution in [-0.4, -0.2) is 10.2 Å². The smallest absolute Gasteiger partial charge is 0.196 e. The zero-order valence-electron chi connectivity index (χ0n) is 8.14. The lowest BCUT2D eigenvalue weighted by Gasteiger charge is -2.05. The van der Waals surface area contributed by atoms with Crippen molar-refractivity contribution in [3.63, 3.8) is 0 Å². The predicted octanol–water partition coefficient (Wildman–Crippen LogP) is 2.40. The number of aromatic nitrogens is 1. The topological polar surface area (TPSA) is 56.0 Å². The average molecular weight is 238 g/mol. The Morgan fingerprint density at radius 2 is 2.40 bits per heavy atom. The standard InChI is InChI=1S/C10H10N2OS2/c1-6-5-8(15-12-6)10(13)9(11)7-3-2-4-14-7/h2-5,9H,11H2,1H3. The van der Waals surface area contributed by atoms with Crippen LogP contribution in [0.5, 0.6) is 0 Å². The lowest BCUT2D eigenvalue weighted by molar-refractivity contribution is 0.0966. The van der Waals surface area contributed by atoms with Crippen LogP contribution in [0.25, 0.3) is 0 Å². The molecule has 0 aliphatic carbocycles. The van der Waals surface area contributed by atoms with Crippen molar-refractivity contribution in [2.75, 3.05) is 0 Å². The Morgan fingerprint density at radius 1 is 1.60 bits per heavy atom. The highest BCUT2D eigenvalue weighted by Crippen LogP contribution is 2.22. The first-order chi connectivity index (χ1) is 7.18. The van der Waals surface area contributed by atoms with Gasteiger partial charge in [-0.1, -0.05) is 6.07 Å². The normalized spacial score (nSPS) is 12.7. The van der Waals surface area contributed by atoms with E-state index in [1.165, 1.54) is 22.9 Å². The maximum absolute atomic E-state index is 11.9. The minimum Gasteiger partial charge on any atom is -0.317 e. The largest absolute Gasteiger partial charge is 0.317 e. The number of aryl methyl sites for hydroxylation is 1. The van der Waals surface area contributed by atoms with Gasteiger partial charge in [0.05, 0.1) is 10.6 Å². The number of Topliss-reactive ketones (excluding diaryl/α,β-unsaturated/α-hetero) is 1. The first-order valence-electron chi connectivity index (χ1n) is 4.45. The van der Waals surface area contributed by atoms with Crippen molar-refractivity contribution in [2.45, 2.75) is 13.0 Å². The van der Waals surface area contributed by atoms with Gasteiger partial charge in [0.15, 0.2) is 5.78 Å². The van der Waals surface area contributed by atoms with Crippen LogP contribution in [0.4, 0.5) is 0 Å². The van der Waals surface area contributed by atoms with E-state index in [0.717, 1.165) is 10.6 Å². The molecule has 15 heavy (non-hydrogen) atoms. The van der Waals surface area contributed by atoms with Gasteiger partial charge in [0, 0.05) is 4.88 Å². The molecule has 2 aromatic rings. The van der Waals surface area contributed by atoms with E-state index < -0.39 is 6.04 Å². The Kier molecular flexibility index (Phi) is 2.95. The molecule has 2 N–H and O–H groups in total. The van der Waals surface area contributed by atoms with E-state index in [9.17, 15) is 4.79 Å². The molecule has 0 bridgehead atoms. The summed E-state index contributed by atoms with van der Waals surface area (Å²) in [6.07, 6.45) is 0. The maximum Gasteiger partial charge on any atom is 0.196 e. The molecular formula is C10H10N2OS2. The monoisotopic (exact) mass is 238 g/mol. The molecule has 1 atom stereocenters. The number of rotatable bonds is 3. The van der Waals surface area contributed by atoms with Gasteiger partial charge in [-0.05, 0) is 36.0 Å². The molecular weight excluding hydrogens is 228 g/mol. The molecule has 0 aromatic carbocycles. The zero-order chi connectivity index (χ0) is 10.8. The second-order valence-electron chi connectivity index (χ2n) is 3.19. The lowest BCUT2D eigenvalue weighted by atomic mass is 10.1. The number of thiophene rings is 1. The summed E-state index contributed by atoms with van der Waals surface area (Å²) in [5.74, 6) is -0.0527. The third kappa shape index (κ3) is 2.14. The number of ketones is 1. The van der Waals surface area contributed by atoms with Gasteiger partial charge in [-0.15, -0.1) is 11.3 Å². The van der Waals surface area contributed by atoms with E-state index in [1.807, 2.05) is 24.4 Å². The quantitative estimate of drug-likeness (QED) is 0.835. The Morgan fingerprint density at radius 3 is 2.93 bits per heavy atom. The van der Waals surface area contributed by atoms with Crippen LogP contribution in [0.15, 0.2) is 23.6 Å². The molecule has 0 saturated heterocycles. The molecule has 2 rings (SSSR count). The molecule has 0 fully saturated rings. The van der Waals surface area contributed by atoms with E-state index in [1.54, 1.807) is 6.07 Å². The molecule has 0 radical (unpaired) electrons. The SMILES string of the molecule is Cc1cc(C(=O)C(N)c2cccs2)sn1. The molecule has 0 spiro atoms. The van der Waals surface area contributed by atoms with Gasteiger partial charge in [-0.3, -0.25) is 4.79 Å². The highest BCUT2D eigenvalue weighted by Gasteiger charge is 2.20. The third-order valence-corrected chi connectivity index (χ3v) is 3.85. The summed E-state index contributed by atoms with van der Waals surface area (Å²) in [4.78, 5) is 13.4. The maximum atomic E-state index is 11.9. The van der Waals surface area contributed by atoms with Crippen molar-refractivity contribution in [2.24, 2.45) is 5.73 Å². The molecule has 3 nitrogen and oxygen atoms in total.